The number of halogens is 1. The van der Waals surface area contributed by atoms with Gasteiger partial charge >= 0.3 is 11.6 Å². The first kappa shape index (κ1) is 14.2. The van der Waals surface area contributed by atoms with Crippen LogP contribution in [-0.4, -0.2) is 21.4 Å². The van der Waals surface area contributed by atoms with Gasteiger partial charge in [0.2, 0.25) is 5.91 Å². The van der Waals surface area contributed by atoms with Gasteiger partial charge < -0.3 is 5.32 Å². The second-order valence-electron chi connectivity index (χ2n) is 2.77. The zero-order chi connectivity index (χ0) is 12.6. The summed E-state index contributed by atoms with van der Waals surface area (Å²) in [7, 11) is 1.31. The van der Waals surface area contributed by atoms with Crippen molar-refractivity contribution in [2.75, 3.05) is 17.5 Å². The minimum absolute atomic E-state index is 0.138. The Bertz CT molecular complexity index is 375. The third-order valence-electron chi connectivity index (χ3n) is 1.54. The molecule has 0 radical (unpaired) electrons. The third kappa shape index (κ3) is 5.86. The molecule has 0 atom stereocenters. The van der Waals surface area contributed by atoms with Crippen LogP contribution in [0.3, 0.4) is 0 Å². The molecule has 0 saturated heterocycles. The van der Waals surface area contributed by atoms with E-state index in [4.69, 9.17) is 8.42 Å². The van der Waals surface area contributed by atoms with E-state index in [2.05, 4.69) is 5.32 Å². The topological polar surface area (TPSA) is 66.5 Å². The average molecular weight is 246 g/mol. The number of carbonyl (C=O) groups excluding carboxylic acids is 1. The highest BCUT2D eigenvalue weighted by atomic mass is 32.1. The van der Waals surface area contributed by atoms with E-state index in [0.717, 1.165) is 0 Å². The van der Waals surface area contributed by atoms with E-state index >= 15 is 0 Å². The molecule has 0 aliphatic heterocycles. The summed E-state index contributed by atoms with van der Waals surface area (Å²) in [6.07, 6.45) is 0. The fourth-order valence-electron chi connectivity index (χ4n) is 0.953. The molecule has 0 aliphatic carbocycles. The molecule has 1 rings (SSSR count). The number of hydrogen-bond acceptors (Lipinski definition) is 4. The number of anilines is 2. The first-order chi connectivity index (χ1) is 7.51. The summed E-state index contributed by atoms with van der Waals surface area (Å²) in [6.45, 7) is 1.43. The maximum atomic E-state index is 12.6. The van der Waals surface area contributed by atoms with Gasteiger partial charge in [0.15, 0.2) is 0 Å². The van der Waals surface area contributed by atoms with Crippen LogP contribution in [-0.2, 0) is 16.4 Å². The molecule has 0 aromatic heterocycles. The molecule has 0 saturated carbocycles. The van der Waals surface area contributed by atoms with Gasteiger partial charge in [0.25, 0.3) is 0 Å². The maximum Gasteiger partial charge on any atom is 0.335 e. The van der Waals surface area contributed by atoms with Crippen LogP contribution in [0.5, 0.6) is 0 Å². The lowest BCUT2D eigenvalue weighted by Gasteiger charge is -2.07. The standard InChI is InChI=1S/C9H11FN2O.O2S/c1-7(13)11-8-3-5-9(6-4-8)12(2)10;1-3-2/h3-6H,1-2H3,(H,11,13);. The van der Waals surface area contributed by atoms with E-state index in [0.29, 0.717) is 16.5 Å². The van der Waals surface area contributed by atoms with Crippen LogP contribution in [0.2, 0.25) is 0 Å². The zero-order valence-corrected chi connectivity index (χ0v) is 9.58. The van der Waals surface area contributed by atoms with Crippen molar-refractivity contribution in [2.45, 2.75) is 6.92 Å². The molecule has 0 spiro atoms. The van der Waals surface area contributed by atoms with Crippen molar-refractivity contribution in [3.63, 3.8) is 0 Å². The third-order valence-corrected chi connectivity index (χ3v) is 1.54. The van der Waals surface area contributed by atoms with Crippen LogP contribution in [0.4, 0.5) is 15.9 Å². The van der Waals surface area contributed by atoms with Gasteiger partial charge in [-0.15, -0.1) is 4.48 Å². The average Bonchev–Trinajstić information content (AvgIpc) is 2.18. The SMILES string of the molecule is CC(=O)Nc1ccc(N(C)F)cc1.O=S=O. The molecule has 0 fully saturated rings. The minimum Gasteiger partial charge on any atom is -0.326 e. The van der Waals surface area contributed by atoms with Crippen LogP contribution in [0.15, 0.2) is 24.3 Å². The van der Waals surface area contributed by atoms with Crippen LogP contribution in [0.25, 0.3) is 0 Å². The van der Waals surface area contributed by atoms with Crippen molar-refractivity contribution in [2.24, 2.45) is 0 Å². The lowest BCUT2D eigenvalue weighted by Crippen LogP contribution is -2.06. The number of nitrogens with one attached hydrogen (secondary N) is 1. The normalized spacial score (nSPS) is 8.44. The largest absolute Gasteiger partial charge is 0.335 e. The summed E-state index contributed by atoms with van der Waals surface area (Å²) < 4.78 is 29.2. The number of rotatable bonds is 2. The van der Waals surface area contributed by atoms with Crippen molar-refractivity contribution in [3.8, 4) is 0 Å². The number of benzene rings is 1. The molecule has 16 heavy (non-hydrogen) atoms. The molecule has 7 heteroatoms. The smallest absolute Gasteiger partial charge is 0.326 e. The second-order valence-corrected chi connectivity index (χ2v) is 2.91. The molecule has 1 aromatic carbocycles. The van der Waals surface area contributed by atoms with E-state index in [1.165, 1.54) is 14.0 Å². The molecule has 5 nitrogen and oxygen atoms in total. The molecule has 1 aromatic rings. The fourth-order valence-corrected chi connectivity index (χ4v) is 0.953. The monoisotopic (exact) mass is 246 g/mol. The zero-order valence-electron chi connectivity index (χ0n) is 8.77. The van der Waals surface area contributed by atoms with Gasteiger partial charge in [0, 0.05) is 19.7 Å². The van der Waals surface area contributed by atoms with Gasteiger partial charge in [-0.05, 0) is 24.3 Å². The van der Waals surface area contributed by atoms with Gasteiger partial charge in [-0.2, -0.15) is 8.42 Å². The summed E-state index contributed by atoms with van der Waals surface area (Å²) in [5.41, 5.74) is 1.12. The molecule has 0 unspecified atom stereocenters. The Morgan fingerprint density at radius 2 is 1.75 bits per heavy atom. The highest BCUT2D eigenvalue weighted by molar-refractivity contribution is 7.51. The Morgan fingerprint density at radius 3 is 2.06 bits per heavy atom. The van der Waals surface area contributed by atoms with E-state index in [-0.39, 0.29) is 5.91 Å². The Labute approximate surface area is 95.8 Å². The molecule has 1 amide bonds. The Kier molecular flexibility index (Phi) is 6.69. The van der Waals surface area contributed by atoms with Crippen LogP contribution >= 0.6 is 0 Å². The van der Waals surface area contributed by atoms with Crippen LogP contribution in [0.1, 0.15) is 6.92 Å². The number of carbonyl (C=O) groups is 1. The lowest BCUT2D eigenvalue weighted by atomic mass is 10.3. The summed E-state index contributed by atoms with van der Waals surface area (Å²) >= 11 is -0.750. The fraction of sp³-hybridized carbons (Fsp3) is 0.222. The highest BCUT2D eigenvalue weighted by Gasteiger charge is 1.98. The maximum absolute atomic E-state index is 12.6. The molecular formula is C9H11FN2O3S. The van der Waals surface area contributed by atoms with Gasteiger partial charge in [-0.25, -0.2) is 5.12 Å². The molecule has 0 heterocycles. The first-order valence-electron chi connectivity index (χ1n) is 4.20. The van der Waals surface area contributed by atoms with Crippen molar-refractivity contribution in [1.29, 1.82) is 0 Å². The Balaban J connectivity index is 0.000000673. The lowest BCUT2D eigenvalue weighted by molar-refractivity contribution is -0.114. The van der Waals surface area contributed by atoms with Gasteiger partial charge in [-0.3, -0.25) is 4.79 Å². The summed E-state index contributed by atoms with van der Waals surface area (Å²) in [5.74, 6) is -0.138. The molecule has 88 valence electrons. The number of hydrogen-bond donors (Lipinski definition) is 1. The van der Waals surface area contributed by atoms with Crippen molar-refractivity contribution in [3.05, 3.63) is 24.3 Å². The Hall–Kier alpha value is -1.76. The summed E-state index contributed by atoms with van der Waals surface area (Å²) in [6, 6.07) is 6.47. The summed E-state index contributed by atoms with van der Waals surface area (Å²) in [5, 5.41) is 3.10. The van der Waals surface area contributed by atoms with E-state index < -0.39 is 11.6 Å². The molecule has 0 bridgehead atoms. The predicted octanol–water partition coefficient (Wildman–Crippen LogP) is 1.30. The van der Waals surface area contributed by atoms with Crippen molar-refractivity contribution >= 4 is 28.9 Å². The highest BCUT2D eigenvalue weighted by Crippen LogP contribution is 2.16. The molecule has 0 aliphatic rings. The van der Waals surface area contributed by atoms with Gasteiger partial charge in [-0.1, -0.05) is 0 Å². The van der Waals surface area contributed by atoms with Crippen molar-refractivity contribution in [1.82, 2.24) is 0 Å². The molecule has 1 N–H and O–H groups in total. The summed E-state index contributed by atoms with van der Waals surface area (Å²) in [4.78, 5) is 10.6. The van der Waals surface area contributed by atoms with Gasteiger partial charge in [0.1, 0.15) is 0 Å². The van der Waals surface area contributed by atoms with E-state index in [9.17, 15) is 9.28 Å². The van der Waals surface area contributed by atoms with E-state index in [1.54, 1.807) is 24.3 Å². The number of nitrogens with zero attached hydrogens (tertiary/aromatic N) is 1. The van der Waals surface area contributed by atoms with E-state index in [1.807, 2.05) is 0 Å². The van der Waals surface area contributed by atoms with Crippen molar-refractivity contribution < 1.29 is 17.7 Å². The quantitative estimate of drug-likeness (QED) is 0.799. The van der Waals surface area contributed by atoms with Gasteiger partial charge in [0.05, 0.1) is 5.69 Å². The Morgan fingerprint density at radius 1 is 1.31 bits per heavy atom. The minimum atomic E-state index is -0.750. The van der Waals surface area contributed by atoms with Crippen LogP contribution in [0, 0.1) is 0 Å². The first-order valence-corrected chi connectivity index (χ1v) is 4.87. The molecular weight excluding hydrogens is 235 g/mol. The number of amides is 1. The predicted molar refractivity (Wildman–Crippen MR) is 59.2 cm³/mol. The van der Waals surface area contributed by atoms with Crippen LogP contribution < -0.4 is 10.4 Å². The second kappa shape index (κ2) is 7.52.